The van der Waals surface area contributed by atoms with E-state index in [4.69, 9.17) is 5.73 Å². The molecule has 120 valence electrons. The van der Waals surface area contributed by atoms with Gasteiger partial charge in [0.15, 0.2) is 5.96 Å². The summed E-state index contributed by atoms with van der Waals surface area (Å²) in [4.78, 5) is 7.96. The summed E-state index contributed by atoms with van der Waals surface area (Å²) in [5.74, 6) is 0.319. The summed E-state index contributed by atoms with van der Waals surface area (Å²) in [5.41, 5.74) is 5.66. The van der Waals surface area contributed by atoms with Crippen molar-refractivity contribution in [2.45, 2.75) is 31.2 Å². The fourth-order valence-corrected chi connectivity index (χ4v) is 2.33. The molecule has 0 bridgehead atoms. The third kappa shape index (κ3) is 7.58. The first-order valence-electron chi connectivity index (χ1n) is 6.42. The third-order valence-electron chi connectivity index (χ3n) is 2.64. The molecule has 1 heterocycles. The number of guanidine groups is 1. The second-order valence-corrected chi connectivity index (χ2v) is 6.07. The quantitative estimate of drug-likeness (QED) is 0.257. The fraction of sp³-hybridized carbons (Fsp3) is 0.500. The van der Waals surface area contributed by atoms with Crippen molar-refractivity contribution < 1.29 is 8.42 Å². The Morgan fingerprint density at radius 3 is 2.81 bits per heavy atom. The monoisotopic (exact) mass is 427 g/mol. The maximum absolute atomic E-state index is 11.9. The van der Waals surface area contributed by atoms with Gasteiger partial charge < -0.3 is 11.1 Å². The highest BCUT2D eigenvalue weighted by atomic mass is 127. The van der Waals surface area contributed by atoms with E-state index in [0.29, 0.717) is 5.96 Å². The minimum absolute atomic E-state index is 0. The first-order valence-corrected chi connectivity index (χ1v) is 7.90. The third-order valence-corrected chi connectivity index (χ3v) is 4.08. The van der Waals surface area contributed by atoms with Crippen LogP contribution in [0.15, 0.2) is 34.4 Å². The van der Waals surface area contributed by atoms with E-state index in [-0.39, 0.29) is 48.0 Å². The Hall–Kier alpha value is -0.940. The summed E-state index contributed by atoms with van der Waals surface area (Å²) in [6, 6.07) is 3.30. The SMILES string of the molecule is CCC(C)NC(N)=NCCNS(=O)(=O)c1cccnc1.I. The van der Waals surface area contributed by atoms with Crippen molar-refractivity contribution in [1.82, 2.24) is 15.0 Å². The molecule has 1 atom stereocenters. The van der Waals surface area contributed by atoms with Gasteiger partial charge in [0.05, 0.1) is 6.54 Å². The largest absolute Gasteiger partial charge is 0.370 e. The van der Waals surface area contributed by atoms with Gasteiger partial charge in [0, 0.05) is 25.0 Å². The lowest BCUT2D eigenvalue weighted by Gasteiger charge is -2.11. The van der Waals surface area contributed by atoms with Crippen molar-refractivity contribution in [3.8, 4) is 0 Å². The van der Waals surface area contributed by atoms with Crippen molar-refractivity contribution in [2.24, 2.45) is 10.7 Å². The lowest BCUT2D eigenvalue weighted by atomic mass is 10.3. The van der Waals surface area contributed by atoms with Crippen LogP contribution in [0.25, 0.3) is 0 Å². The minimum atomic E-state index is -3.53. The van der Waals surface area contributed by atoms with Gasteiger partial charge in [-0.2, -0.15) is 0 Å². The molecule has 0 radical (unpaired) electrons. The Kier molecular flexibility index (Phi) is 9.46. The van der Waals surface area contributed by atoms with Crippen LogP contribution in [0.4, 0.5) is 0 Å². The summed E-state index contributed by atoms with van der Waals surface area (Å²) in [6.07, 6.45) is 3.75. The summed E-state index contributed by atoms with van der Waals surface area (Å²) in [7, 11) is -3.53. The number of halogens is 1. The molecule has 0 spiro atoms. The Morgan fingerprint density at radius 2 is 2.24 bits per heavy atom. The van der Waals surface area contributed by atoms with Crippen LogP contribution in [-0.4, -0.2) is 38.5 Å². The molecule has 7 nitrogen and oxygen atoms in total. The molecule has 4 N–H and O–H groups in total. The van der Waals surface area contributed by atoms with E-state index in [0.717, 1.165) is 6.42 Å². The van der Waals surface area contributed by atoms with Gasteiger partial charge in [0.1, 0.15) is 4.90 Å². The molecule has 0 aliphatic carbocycles. The van der Waals surface area contributed by atoms with E-state index >= 15 is 0 Å². The van der Waals surface area contributed by atoms with Crippen LogP contribution < -0.4 is 15.8 Å². The van der Waals surface area contributed by atoms with Gasteiger partial charge in [-0.15, -0.1) is 24.0 Å². The second-order valence-electron chi connectivity index (χ2n) is 4.31. The number of aromatic nitrogens is 1. The van der Waals surface area contributed by atoms with Crippen molar-refractivity contribution in [3.05, 3.63) is 24.5 Å². The summed E-state index contributed by atoms with van der Waals surface area (Å²) >= 11 is 0. The molecule has 1 rings (SSSR count). The average Bonchev–Trinajstić information content (AvgIpc) is 2.44. The van der Waals surface area contributed by atoms with E-state index in [9.17, 15) is 8.42 Å². The molecule has 1 aromatic heterocycles. The number of aliphatic imine (C=N–C) groups is 1. The van der Waals surface area contributed by atoms with Crippen LogP contribution in [0.2, 0.25) is 0 Å². The predicted octanol–water partition coefficient (Wildman–Crippen LogP) is 0.681. The van der Waals surface area contributed by atoms with Crippen LogP contribution in [0.3, 0.4) is 0 Å². The number of nitrogens with two attached hydrogens (primary N) is 1. The van der Waals surface area contributed by atoms with Crippen molar-refractivity contribution in [3.63, 3.8) is 0 Å². The fourth-order valence-electron chi connectivity index (χ4n) is 1.35. The molecule has 21 heavy (non-hydrogen) atoms. The van der Waals surface area contributed by atoms with Crippen molar-refractivity contribution >= 4 is 40.0 Å². The zero-order valence-electron chi connectivity index (χ0n) is 12.1. The highest BCUT2D eigenvalue weighted by molar-refractivity contribution is 14.0. The van der Waals surface area contributed by atoms with Crippen molar-refractivity contribution in [1.29, 1.82) is 0 Å². The topological polar surface area (TPSA) is 109 Å². The number of sulfonamides is 1. The summed E-state index contributed by atoms with van der Waals surface area (Å²) in [6.45, 7) is 4.48. The molecule has 0 aromatic carbocycles. The lowest BCUT2D eigenvalue weighted by Crippen LogP contribution is -2.38. The van der Waals surface area contributed by atoms with Crippen LogP contribution >= 0.6 is 24.0 Å². The van der Waals surface area contributed by atoms with Gasteiger partial charge in [-0.25, -0.2) is 13.1 Å². The maximum atomic E-state index is 11.9. The number of nitrogens with zero attached hydrogens (tertiary/aromatic N) is 2. The van der Waals surface area contributed by atoms with Gasteiger partial charge in [0.25, 0.3) is 0 Å². The Balaban J connectivity index is 0.00000400. The minimum Gasteiger partial charge on any atom is -0.370 e. The Labute approximate surface area is 142 Å². The van der Waals surface area contributed by atoms with Crippen LogP contribution in [0, 0.1) is 0 Å². The van der Waals surface area contributed by atoms with E-state index in [1.165, 1.54) is 18.5 Å². The van der Waals surface area contributed by atoms with E-state index in [1.807, 2.05) is 13.8 Å². The molecule has 0 saturated heterocycles. The highest BCUT2D eigenvalue weighted by Crippen LogP contribution is 2.04. The smallest absolute Gasteiger partial charge is 0.242 e. The lowest BCUT2D eigenvalue weighted by molar-refractivity contribution is 0.581. The number of pyridine rings is 1. The van der Waals surface area contributed by atoms with Gasteiger partial charge in [0.2, 0.25) is 10.0 Å². The standard InChI is InChI=1S/C12H21N5O2S.HI/c1-3-10(2)17-12(13)15-7-8-16-20(18,19)11-5-4-6-14-9-11;/h4-6,9-10,16H,3,7-8H2,1-2H3,(H3,13,15,17);1H. The second kappa shape index (κ2) is 9.90. The van der Waals surface area contributed by atoms with Crippen molar-refractivity contribution in [2.75, 3.05) is 13.1 Å². The van der Waals surface area contributed by atoms with Gasteiger partial charge >= 0.3 is 0 Å². The van der Waals surface area contributed by atoms with E-state index < -0.39 is 10.0 Å². The van der Waals surface area contributed by atoms with Gasteiger partial charge in [-0.05, 0) is 25.5 Å². The molecular formula is C12H22IN5O2S. The average molecular weight is 427 g/mol. The van der Waals surface area contributed by atoms with Gasteiger partial charge in [-0.3, -0.25) is 9.98 Å². The first-order chi connectivity index (χ1) is 9.45. The normalized spacial score (nSPS) is 13.3. The number of rotatable bonds is 7. The number of hydrogen-bond acceptors (Lipinski definition) is 4. The first kappa shape index (κ1) is 20.1. The summed E-state index contributed by atoms with van der Waals surface area (Å²) in [5, 5.41) is 3.00. The number of hydrogen-bond donors (Lipinski definition) is 3. The molecule has 1 aromatic rings. The predicted molar refractivity (Wildman–Crippen MR) is 94.2 cm³/mol. The summed E-state index contributed by atoms with van der Waals surface area (Å²) < 4.78 is 26.1. The molecule has 0 aliphatic rings. The Morgan fingerprint density at radius 1 is 1.52 bits per heavy atom. The molecule has 0 amide bonds. The molecular weight excluding hydrogens is 405 g/mol. The van der Waals surface area contributed by atoms with Crippen LogP contribution in [-0.2, 0) is 10.0 Å². The molecule has 0 fully saturated rings. The van der Waals surface area contributed by atoms with E-state index in [2.05, 4.69) is 20.0 Å². The van der Waals surface area contributed by atoms with Crippen LogP contribution in [0.1, 0.15) is 20.3 Å². The van der Waals surface area contributed by atoms with Crippen LogP contribution in [0.5, 0.6) is 0 Å². The highest BCUT2D eigenvalue weighted by Gasteiger charge is 2.12. The number of nitrogens with one attached hydrogen (secondary N) is 2. The van der Waals surface area contributed by atoms with E-state index in [1.54, 1.807) is 6.07 Å². The zero-order valence-corrected chi connectivity index (χ0v) is 15.3. The molecule has 0 saturated carbocycles. The zero-order chi connectivity index (χ0) is 15.0. The maximum Gasteiger partial charge on any atom is 0.242 e. The molecule has 9 heteroatoms. The molecule has 1 unspecified atom stereocenters. The van der Waals surface area contributed by atoms with Gasteiger partial charge in [-0.1, -0.05) is 6.92 Å². The molecule has 0 aliphatic heterocycles. The Bertz CT molecular complexity index is 536.